The first-order valence-corrected chi connectivity index (χ1v) is 9.69. The van der Waals surface area contributed by atoms with Crippen LogP contribution in [0.3, 0.4) is 0 Å². The van der Waals surface area contributed by atoms with Gasteiger partial charge >= 0.3 is 0 Å². The van der Waals surface area contributed by atoms with E-state index in [0.717, 1.165) is 28.3 Å². The number of anilines is 2. The summed E-state index contributed by atoms with van der Waals surface area (Å²) in [4.78, 5) is 20.1. The molecule has 2 aromatic carbocycles. The number of nitrogen functional groups attached to an aromatic ring is 1. The molecule has 0 fully saturated rings. The molecule has 0 aliphatic heterocycles. The van der Waals surface area contributed by atoms with Gasteiger partial charge in [0.05, 0.1) is 21.9 Å². The van der Waals surface area contributed by atoms with Gasteiger partial charge in [-0.3, -0.25) is 9.78 Å². The van der Waals surface area contributed by atoms with E-state index in [4.69, 9.17) is 17.3 Å². The van der Waals surface area contributed by atoms with Gasteiger partial charge in [0.15, 0.2) is 6.29 Å². The Hall–Kier alpha value is -3.48. The molecule has 0 saturated heterocycles. The Bertz CT molecular complexity index is 1180. The highest BCUT2D eigenvalue weighted by molar-refractivity contribution is 6.33. The Morgan fingerprint density at radius 3 is 2.70 bits per heavy atom. The fourth-order valence-electron chi connectivity index (χ4n) is 2.99. The van der Waals surface area contributed by atoms with Crippen LogP contribution in [0.25, 0.3) is 22.2 Å². The van der Waals surface area contributed by atoms with Gasteiger partial charge < -0.3 is 16.8 Å². The average Bonchev–Trinajstić information content (AvgIpc) is 2.80. The zero-order valence-electron chi connectivity index (χ0n) is 16.5. The lowest BCUT2D eigenvalue weighted by atomic mass is 10.1. The molecule has 0 bridgehead atoms. The maximum atomic E-state index is 11.1. The number of nitrogens with two attached hydrogens (primary N) is 2. The highest BCUT2D eigenvalue weighted by Crippen LogP contribution is 2.27. The number of hydrogen-bond donors (Lipinski definition) is 3. The summed E-state index contributed by atoms with van der Waals surface area (Å²) < 4.78 is 0. The predicted molar refractivity (Wildman–Crippen MR) is 124 cm³/mol. The standard InChI is InChI=1S/C22H17ClN4O.CH5N/c23-18-5-4-16(11-17(18)13-28)21-8-6-19(24)22(27-21)26-12-14-3-7-20-15(10-14)2-1-9-25-20;1-2/h1-11,13H,12,24H2,(H,26,27);2H2,1H3. The van der Waals surface area contributed by atoms with E-state index in [9.17, 15) is 4.79 Å². The molecule has 0 amide bonds. The van der Waals surface area contributed by atoms with Crippen LogP contribution >= 0.6 is 11.6 Å². The lowest BCUT2D eigenvalue weighted by molar-refractivity contribution is 0.112. The van der Waals surface area contributed by atoms with Crippen LogP contribution < -0.4 is 16.8 Å². The number of nitrogens with one attached hydrogen (secondary N) is 1. The van der Waals surface area contributed by atoms with Gasteiger partial charge in [-0.05, 0) is 55.1 Å². The number of aromatic nitrogens is 2. The Morgan fingerprint density at radius 1 is 1.07 bits per heavy atom. The summed E-state index contributed by atoms with van der Waals surface area (Å²) >= 11 is 6.01. The molecule has 0 radical (unpaired) electrons. The summed E-state index contributed by atoms with van der Waals surface area (Å²) in [6.07, 6.45) is 2.51. The average molecular weight is 420 g/mol. The first kappa shape index (κ1) is 21.2. The minimum atomic E-state index is 0.415. The van der Waals surface area contributed by atoms with Gasteiger partial charge in [-0.1, -0.05) is 29.8 Å². The zero-order chi connectivity index (χ0) is 21.5. The molecule has 0 atom stereocenters. The molecular weight excluding hydrogens is 398 g/mol. The number of halogens is 1. The van der Waals surface area contributed by atoms with Crippen LogP contribution in [0, 0.1) is 0 Å². The number of hydrogen-bond acceptors (Lipinski definition) is 6. The molecule has 0 unspecified atom stereocenters. The SMILES string of the molecule is CN.Nc1ccc(-c2ccc(Cl)c(C=O)c2)nc1NCc1ccc2ncccc2c1. The van der Waals surface area contributed by atoms with E-state index in [1.165, 1.54) is 7.05 Å². The fraction of sp³-hybridized carbons (Fsp3) is 0.0870. The first-order valence-electron chi connectivity index (χ1n) is 9.31. The minimum absolute atomic E-state index is 0.415. The Balaban J connectivity index is 0.00000124. The number of carbonyl (C=O) groups is 1. The Labute approximate surface area is 179 Å². The van der Waals surface area contributed by atoms with Gasteiger partial charge in [0.2, 0.25) is 0 Å². The number of benzene rings is 2. The van der Waals surface area contributed by atoms with E-state index in [1.807, 2.05) is 36.4 Å². The van der Waals surface area contributed by atoms with E-state index in [-0.39, 0.29) is 0 Å². The third-order valence-electron chi connectivity index (χ3n) is 4.47. The van der Waals surface area contributed by atoms with Crippen molar-refractivity contribution in [3.63, 3.8) is 0 Å². The second-order valence-corrected chi connectivity index (χ2v) is 6.78. The number of rotatable bonds is 5. The smallest absolute Gasteiger partial charge is 0.151 e. The third-order valence-corrected chi connectivity index (χ3v) is 4.82. The Kier molecular flexibility index (Phi) is 6.95. The van der Waals surface area contributed by atoms with E-state index >= 15 is 0 Å². The number of nitrogens with zero attached hydrogens (tertiary/aromatic N) is 2. The molecule has 2 aromatic heterocycles. The van der Waals surface area contributed by atoms with Crippen molar-refractivity contribution in [1.82, 2.24) is 9.97 Å². The molecular formula is C23H22ClN5O. The summed E-state index contributed by atoms with van der Waals surface area (Å²) in [6, 6.07) is 18.9. The molecule has 4 aromatic rings. The molecule has 5 N–H and O–H groups in total. The lowest BCUT2D eigenvalue weighted by Gasteiger charge is -2.11. The van der Waals surface area contributed by atoms with Crippen LogP contribution in [0.5, 0.6) is 0 Å². The second kappa shape index (κ2) is 9.82. The molecule has 0 saturated carbocycles. The third kappa shape index (κ3) is 4.74. The van der Waals surface area contributed by atoms with Gasteiger partial charge in [0.25, 0.3) is 0 Å². The zero-order valence-corrected chi connectivity index (χ0v) is 17.2. The van der Waals surface area contributed by atoms with Gasteiger partial charge in [0.1, 0.15) is 5.82 Å². The molecule has 0 aliphatic carbocycles. The summed E-state index contributed by atoms with van der Waals surface area (Å²) in [6.45, 7) is 0.575. The van der Waals surface area contributed by atoms with Crippen molar-refractivity contribution < 1.29 is 4.79 Å². The highest BCUT2D eigenvalue weighted by Gasteiger charge is 2.08. The number of fused-ring (bicyclic) bond motifs is 1. The van der Waals surface area contributed by atoms with Crippen molar-refractivity contribution in [2.45, 2.75) is 6.54 Å². The topological polar surface area (TPSA) is 107 Å². The van der Waals surface area contributed by atoms with E-state index in [2.05, 4.69) is 27.1 Å². The van der Waals surface area contributed by atoms with E-state index < -0.39 is 0 Å². The first-order chi connectivity index (χ1) is 14.6. The molecule has 0 aliphatic rings. The van der Waals surface area contributed by atoms with Crippen LogP contribution in [0.4, 0.5) is 11.5 Å². The molecule has 7 heteroatoms. The summed E-state index contributed by atoms with van der Waals surface area (Å²) in [5.41, 5.74) is 15.1. The molecule has 30 heavy (non-hydrogen) atoms. The molecule has 152 valence electrons. The predicted octanol–water partition coefficient (Wildman–Crippen LogP) is 4.53. The van der Waals surface area contributed by atoms with Crippen LogP contribution in [-0.4, -0.2) is 23.3 Å². The monoisotopic (exact) mass is 419 g/mol. The van der Waals surface area contributed by atoms with E-state index in [0.29, 0.717) is 34.3 Å². The van der Waals surface area contributed by atoms with Crippen molar-refractivity contribution >= 4 is 40.3 Å². The van der Waals surface area contributed by atoms with Crippen molar-refractivity contribution in [3.8, 4) is 11.3 Å². The molecule has 6 nitrogen and oxygen atoms in total. The van der Waals surface area contributed by atoms with Crippen molar-refractivity contribution in [2.75, 3.05) is 18.1 Å². The van der Waals surface area contributed by atoms with Crippen molar-refractivity contribution in [3.05, 3.63) is 83.0 Å². The van der Waals surface area contributed by atoms with Crippen LogP contribution in [0.15, 0.2) is 66.9 Å². The minimum Gasteiger partial charge on any atom is -0.396 e. The van der Waals surface area contributed by atoms with Crippen molar-refractivity contribution in [2.24, 2.45) is 5.73 Å². The highest BCUT2D eigenvalue weighted by atomic mass is 35.5. The normalized spacial score (nSPS) is 10.2. The fourth-order valence-corrected chi connectivity index (χ4v) is 3.15. The molecule has 0 spiro atoms. The van der Waals surface area contributed by atoms with Gasteiger partial charge in [-0.15, -0.1) is 0 Å². The second-order valence-electron chi connectivity index (χ2n) is 6.37. The summed E-state index contributed by atoms with van der Waals surface area (Å²) in [7, 11) is 1.50. The number of pyridine rings is 2. The van der Waals surface area contributed by atoms with E-state index in [1.54, 1.807) is 24.4 Å². The summed E-state index contributed by atoms with van der Waals surface area (Å²) in [5, 5.41) is 4.79. The molecule has 4 rings (SSSR count). The maximum Gasteiger partial charge on any atom is 0.151 e. The van der Waals surface area contributed by atoms with Crippen LogP contribution in [-0.2, 0) is 6.54 Å². The number of aldehydes is 1. The summed E-state index contributed by atoms with van der Waals surface area (Å²) in [5.74, 6) is 0.589. The Morgan fingerprint density at radius 2 is 1.90 bits per heavy atom. The maximum absolute atomic E-state index is 11.1. The van der Waals surface area contributed by atoms with Gasteiger partial charge in [0, 0.05) is 29.3 Å². The quantitative estimate of drug-likeness (QED) is 0.410. The van der Waals surface area contributed by atoms with Crippen molar-refractivity contribution in [1.29, 1.82) is 0 Å². The lowest BCUT2D eigenvalue weighted by Crippen LogP contribution is -2.05. The van der Waals surface area contributed by atoms with Gasteiger partial charge in [-0.2, -0.15) is 0 Å². The van der Waals surface area contributed by atoms with Crippen LogP contribution in [0.1, 0.15) is 15.9 Å². The largest absolute Gasteiger partial charge is 0.396 e. The van der Waals surface area contributed by atoms with Gasteiger partial charge in [-0.25, -0.2) is 4.98 Å². The molecule has 2 heterocycles. The number of carbonyl (C=O) groups excluding carboxylic acids is 1. The van der Waals surface area contributed by atoms with Crippen LogP contribution in [0.2, 0.25) is 5.02 Å².